The Bertz CT molecular complexity index is 1070. The van der Waals surface area contributed by atoms with Crippen LogP contribution in [0.15, 0.2) is 41.5 Å². The van der Waals surface area contributed by atoms with Crippen LogP contribution < -0.4 is 5.56 Å². The third-order valence-electron chi connectivity index (χ3n) is 4.80. The van der Waals surface area contributed by atoms with Gasteiger partial charge in [-0.2, -0.15) is 5.10 Å². The fourth-order valence-corrected chi connectivity index (χ4v) is 3.36. The van der Waals surface area contributed by atoms with Crippen molar-refractivity contribution in [3.63, 3.8) is 0 Å². The third kappa shape index (κ3) is 5.14. The van der Waals surface area contributed by atoms with Crippen molar-refractivity contribution in [2.45, 2.75) is 32.1 Å². The molecule has 1 aliphatic carbocycles. The minimum atomic E-state index is -0.355. The van der Waals surface area contributed by atoms with Crippen LogP contribution in [0.25, 0.3) is 11.4 Å². The van der Waals surface area contributed by atoms with Gasteiger partial charge in [-0.25, -0.2) is 19.5 Å². The molecule has 7 nitrogen and oxygen atoms in total. The van der Waals surface area contributed by atoms with Crippen LogP contribution in [0.2, 0.25) is 0 Å². The standard InChI is InChI=1S/C19H17FN4O.C3H7NO/c20-16-7-6-12(10-15(16)18-21-8-3-9-22-18)11-17-13-4-1-2-5-14(13)19(25)24-23-17;1-4(2)3-5/h3,6-10H,1-2,4-5,11H2,(H,24,25);3H,1-2H3. The van der Waals surface area contributed by atoms with Crippen molar-refractivity contribution >= 4 is 6.41 Å². The maximum absolute atomic E-state index is 14.2. The van der Waals surface area contributed by atoms with E-state index in [1.807, 2.05) is 0 Å². The fraction of sp³-hybridized carbons (Fsp3) is 0.318. The van der Waals surface area contributed by atoms with Gasteiger partial charge in [0, 0.05) is 38.5 Å². The topological polar surface area (TPSA) is 91.8 Å². The summed E-state index contributed by atoms with van der Waals surface area (Å²) < 4.78 is 14.2. The van der Waals surface area contributed by atoms with E-state index in [1.165, 1.54) is 11.0 Å². The molecule has 30 heavy (non-hydrogen) atoms. The first-order valence-corrected chi connectivity index (χ1v) is 9.76. The van der Waals surface area contributed by atoms with E-state index in [2.05, 4.69) is 20.2 Å². The van der Waals surface area contributed by atoms with Gasteiger partial charge in [-0.1, -0.05) is 6.07 Å². The number of halogens is 1. The SMILES string of the molecule is CN(C)C=O.O=c1[nH]nc(Cc2ccc(F)c(-c3ncccn3)c2)c2c1CCCC2. The predicted octanol–water partition coefficient (Wildman–Crippen LogP) is 2.54. The minimum Gasteiger partial charge on any atom is -0.351 e. The monoisotopic (exact) mass is 409 g/mol. The molecule has 0 saturated carbocycles. The molecular weight excluding hydrogens is 385 g/mol. The summed E-state index contributed by atoms with van der Waals surface area (Å²) in [6, 6.07) is 6.62. The molecule has 2 heterocycles. The van der Waals surface area contributed by atoms with Crippen LogP contribution >= 0.6 is 0 Å². The van der Waals surface area contributed by atoms with E-state index >= 15 is 0 Å². The largest absolute Gasteiger partial charge is 0.351 e. The maximum Gasteiger partial charge on any atom is 0.267 e. The molecular formula is C22H24FN5O2. The van der Waals surface area contributed by atoms with E-state index in [-0.39, 0.29) is 11.4 Å². The van der Waals surface area contributed by atoms with Gasteiger partial charge in [0.1, 0.15) is 5.82 Å². The number of hydrogen-bond donors (Lipinski definition) is 1. The van der Waals surface area contributed by atoms with Crippen LogP contribution in [0.3, 0.4) is 0 Å². The van der Waals surface area contributed by atoms with Gasteiger partial charge in [0.15, 0.2) is 5.82 Å². The smallest absolute Gasteiger partial charge is 0.267 e. The summed E-state index contributed by atoms with van der Waals surface area (Å²) in [6.45, 7) is 0. The Morgan fingerprint density at radius 1 is 1.13 bits per heavy atom. The first-order chi connectivity index (χ1) is 14.5. The molecule has 3 aromatic rings. The first kappa shape index (κ1) is 21.3. The van der Waals surface area contributed by atoms with Crippen molar-refractivity contribution in [3.05, 3.63) is 75.2 Å². The van der Waals surface area contributed by atoms with Crippen molar-refractivity contribution < 1.29 is 9.18 Å². The summed E-state index contributed by atoms with van der Waals surface area (Å²) in [7, 11) is 3.38. The van der Waals surface area contributed by atoms with E-state index < -0.39 is 0 Å². The van der Waals surface area contributed by atoms with Gasteiger partial charge in [-0.3, -0.25) is 9.59 Å². The van der Waals surface area contributed by atoms with Gasteiger partial charge in [-0.05, 0) is 55.0 Å². The number of carbonyl (C=O) groups is 1. The molecule has 8 heteroatoms. The number of amides is 1. The number of nitrogens with one attached hydrogen (secondary N) is 1. The summed E-state index contributed by atoms with van der Waals surface area (Å²) in [5.41, 5.74) is 3.96. The molecule has 156 valence electrons. The number of H-pyrrole nitrogens is 1. The van der Waals surface area contributed by atoms with Crippen molar-refractivity contribution in [2.75, 3.05) is 14.1 Å². The lowest BCUT2D eigenvalue weighted by Crippen LogP contribution is -2.23. The Labute approximate surface area is 174 Å². The second kappa shape index (κ2) is 9.87. The number of aromatic amines is 1. The van der Waals surface area contributed by atoms with Crippen molar-refractivity contribution in [1.82, 2.24) is 25.1 Å². The number of fused-ring (bicyclic) bond motifs is 1. The average molecular weight is 409 g/mol. The summed E-state index contributed by atoms with van der Waals surface area (Å²) in [6.07, 6.45) is 8.25. The molecule has 0 radical (unpaired) electrons. The van der Waals surface area contributed by atoms with Gasteiger partial charge in [0.05, 0.1) is 11.3 Å². The number of benzene rings is 1. The highest BCUT2D eigenvalue weighted by molar-refractivity contribution is 5.57. The second-order valence-electron chi connectivity index (χ2n) is 7.30. The Morgan fingerprint density at radius 2 is 1.80 bits per heavy atom. The van der Waals surface area contributed by atoms with Crippen molar-refractivity contribution in [2.24, 2.45) is 0 Å². The summed E-state index contributed by atoms with van der Waals surface area (Å²) in [5.74, 6) is 0.00436. The van der Waals surface area contributed by atoms with Gasteiger partial charge < -0.3 is 4.90 Å². The predicted molar refractivity (Wildman–Crippen MR) is 111 cm³/mol. The second-order valence-corrected chi connectivity index (χ2v) is 7.30. The van der Waals surface area contributed by atoms with E-state index in [4.69, 9.17) is 0 Å². The molecule has 1 amide bonds. The van der Waals surface area contributed by atoms with E-state index in [9.17, 15) is 14.0 Å². The third-order valence-corrected chi connectivity index (χ3v) is 4.80. The maximum atomic E-state index is 14.2. The van der Waals surface area contributed by atoms with Gasteiger partial charge in [-0.15, -0.1) is 0 Å². The zero-order valence-electron chi connectivity index (χ0n) is 17.1. The molecule has 0 fully saturated rings. The molecule has 0 saturated heterocycles. The quantitative estimate of drug-likeness (QED) is 0.669. The Balaban J connectivity index is 0.000000461. The molecule has 0 aliphatic heterocycles. The van der Waals surface area contributed by atoms with Crippen molar-refractivity contribution in [3.8, 4) is 11.4 Å². The zero-order chi connectivity index (χ0) is 21.5. The van der Waals surface area contributed by atoms with E-state index in [0.29, 0.717) is 17.8 Å². The van der Waals surface area contributed by atoms with Crippen molar-refractivity contribution in [1.29, 1.82) is 0 Å². The van der Waals surface area contributed by atoms with E-state index in [1.54, 1.807) is 44.7 Å². The van der Waals surface area contributed by atoms with Crippen LogP contribution in [-0.2, 0) is 24.1 Å². The molecule has 0 atom stereocenters. The molecule has 1 aliphatic rings. The Hall–Kier alpha value is -3.42. The molecule has 1 aromatic carbocycles. The minimum absolute atomic E-state index is 0.0871. The first-order valence-electron chi connectivity index (χ1n) is 9.76. The average Bonchev–Trinajstić information content (AvgIpc) is 2.78. The Kier molecular flexibility index (Phi) is 7.00. The van der Waals surface area contributed by atoms with Gasteiger partial charge in [0.25, 0.3) is 5.56 Å². The van der Waals surface area contributed by atoms with Crippen LogP contribution in [0, 0.1) is 5.82 Å². The number of hydrogen-bond acceptors (Lipinski definition) is 5. The number of carbonyl (C=O) groups excluding carboxylic acids is 1. The summed E-state index contributed by atoms with van der Waals surface area (Å²) in [4.78, 5) is 31.1. The van der Waals surface area contributed by atoms with Gasteiger partial charge in [0.2, 0.25) is 6.41 Å². The van der Waals surface area contributed by atoms with Crippen LogP contribution in [0.5, 0.6) is 0 Å². The number of nitrogens with zero attached hydrogens (tertiary/aromatic N) is 4. The highest BCUT2D eigenvalue weighted by Crippen LogP contribution is 2.25. The van der Waals surface area contributed by atoms with Crippen LogP contribution in [-0.4, -0.2) is 45.6 Å². The lowest BCUT2D eigenvalue weighted by Gasteiger charge is -2.17. The van der Waals surface area contributed by atoms with Crippen LogP contribution in [0.1, 0.15) is 35.2 Å². The molecule has 2 aromatic heterocycles. The highest BCUT2D eigenvalue weighted by atomic mass is 19.1. The molecule has 0 bridgehead atoms. The number of aromatic nitrogens is 4. The molecule has 4 rings (SSSR count). The van der Waals surface area contributed by atoms with Gasteiger partial charge >= 0.3 is 0 Å². The lowest BCUT2D eigenvalue weighted by molar-refractivity contribution is -0.115. The zero-order valence-corrected chi connectivity index (χ0v) is 17.1. The highest BCUT2D eigenvalue weighted by Gasteiger charge is 2.18. The molecule has 1 N–H and O–H groups in total. The fourth-order valence-electron chi connectivity index (χ4n) is 3.36. The summed E-state index contributed by atoms with van der Waals surface area (Å²) >= 11 is 0. The summed E-state index contributed by atoms with van der Waals surface area (Å²) in [5, 5.41) is 6.85. The van der Waals surface area contributed by atoms with Crippen LogP contribution in [0.4, 0.5) is 4.39 Å². The number of rotatable bonds is 4. The normalized spacial score (nSPS) is 12.4. The molecule has 0 unspecified atom stereocenters. The Morgan fingerprint density at radius 3 is 2.47 bits per heavy atom. The molecule has 0 spiro atoms. The lowest BCUT2D eigenvalue weighted by atomic mass is 9.90. The van der Waals surface area contributed by atoms with E-state index in [0.717, 1.165) is 54.5 Å².